The Morgan fingerprint density at radius 3 is 2.79 bits per heavy atom. The minimum Gasteiger partial charge on any atom is -0.461 e. The molecule has 19 heavy (non-hydrogen) atoms. The Bertz CT molecular complexity index is 535. The highest BCUT2D eigenvalue weighted by Crippen LogP contribution is 2.30. The largest absolute Gasteiger partial charge is 0.461 e. The summed E-state index contributed by atoms with van der Waals surface area (Å²) in [4.78, 5) is 0. The normalized spacial score (nSPS) is 14.7. The molecule has 1 aromatic carbocycles. The van der Waals surface area contributed by atoms with Gasteiger partial charge in [-0.15, -0.1) is 0 Å². The lowest BCUT2D eigenvalue weighted by molar-refractivity contribution is 0.391. The molecule has 2 aromatic rings. The van der Waals surface area contributed by atoms with Gasteiger partial charge in [-0.3, -0.25) is 0 Å². The molecule has 0 saturated carbocycles. The van der Waals surface area contributed by atoms with Gasteiger partial charge < -0.3 is 9.73 Å². The van der Waals surface area contributed by atoms with Crippen molar-refractivity contribution in [2.24, 2.45) is 5.92 Å². The highest BCUT2D eigenvalue weighted by molar-refractivity contribution is 6.31. The van der Waals surface area contributed by atoms with E-state index in [0.717, 1.165) is 34.8 Å². The van der Waals surface area contributed by atoms with E-state index in [-0.39, 0.29) is 0 Å². The number of halogens is 1. The number of furan rings is 1. The summed E-state index contributed by atoms with van der Waals surface area (Å²) in [5.74, 6) is 1.99. The quantitative estimate of drug-likeness (QED) is 0.767. The first-order valence-corrected chi connectivity index (χ1v) is 7.39. The molecule has 104 valence electrons. The average molecular weight is 280 g/mol. The zero-order chi connectivity index (χ0) is 13.8. The number of hydrogen-bond donors (Lipinski definition) is 1. The standard InChI is InChI=1S/C16H22ClNO/c1-4-7-18-10-11(2)12(3)16-9-13-8-14(17)5-6-15(13)19-16/h5-6,8-9,11-12,18H,4,7,10H2,1-3H3. The zero-order valence-corrected chi connectivity index (χ0v) is 12.6. The van der Waals surface area contributed by atoms with Gasteiger partial charge in [-0.05, 0) is 49.7 Å². The lowest BCUT2D eigenvalue weighted by atomic mass is 9.93. The number of nitrogens with one attached hydrogen (secondary N) is 1. The van der Waals surface area contributed by atoms with E-state index in [1.165, 1.54) is 6.42 Å². The summed E-state index contributed by atoms with van der Waals surface area (Å²) in [6, 6.07) is 7.88. The lowest BCUT2D eigenvalue weighted by Gasteiger charge is -2.18. The van der Waals surface area contributed by atoms with Gasteiger partial charge in [0.05, 0.1) is 0 Å². The Morgan fingerprint density at radius 2 is 2.05 bits per heavy atom. The summed E-state index contributed by atoms with van der Waals surface area (Å²) < 4.78 is 5.93. The maximum atomic E-state index is 6.00. The summed E-state index contributed by atoms with van der Waals surface area (Å²) in [6.45, 7) is 8.76. The molecule has 2 nitrogen and oxygen atoms in total. The molecule has 0 aliphatic heterocycles. The Balaban J connectivity index is 2.10. The molecular formula is C16H22ClNO. The minimum atomic E-state index is 0.399. The predicted octanol–water partition coefficient (Wildman–Crippen LogP) is 4.83. The number of hydrogen-bond acceptors (Lipinski definition) is 2. The summed E-state index contributed by atoms with van der Waals surface area (Å²) in [5, 5.41) is 5.31. The Hall–Kier alpha value is -0.990. The van der Waals surface area contributed by atoms with Crippen molar-refractivity contribution in [3.63, 3.8) is 0 Å². The van der Waals surface area contributed by atoms with Gasteiger partial charge in [-0.2, -0.15) is 0 Å². The van der Waals surface area contributed by atoms with Crippen molar-refractivity contribution in [2.75, 3.05) is 13.1 Å². The molecule has 1 aromatic heterocycles. The van der Waals surface area contributed by atoms with Gasteiger partial charge in [0.2, 0.25) is 0 Å². The van der Waals surface area contributed by atoms with Crippen molar-refractivity contribution >= 4 is 22.6 Å². The van der Waals surface area contributed by atoms with Crippen LogP contribution in [0.15, 0.2) is 28.7 Å². The van der Waals surface area contributed by atoms with Crippen molar-refractivity contribution in [1.29, 1.82) is 0 Å². The second-order valence-corrected chi connectivity index (χ2v) is 5.74. The van der Waals surface area contributed by atoms with Crippen molar-refractivity contribution < 1.29 is 4.42 Å². The molecule has 2 atom stereocenters. The average Bonchev–Trinajstić information content (AvgIpc) is 2.80. The topological polar surface area (TPSA) is 25.2 Å². The Kier molecular flexibility index (Phi) is 4.89. The summed E-state index contributed by atoms with van der Waals surface area (Å²) >= 11 is 6.00. The SMILES string of the molecule is CCCNCC(C)C(C)c1cc2cc(Cl)ccc2o1. The molecule has 0 bridgehead atoms. The van der Waals surface area contributed by atoms with Gasteiger partial charge in [-0.25, -0.2) is 0 Å². The van der Waals surface area contributed by atoms with Gasteiger partial charge in [-0.1, -0.05) is 32.4 Å². The van der Waals surface area contributed by atoms with E-state index in [1.807, 2.05) is 18.2 Å². The highest BCUT2D eigenvalue weighted by atomic mass is 35.5. The first kappa shape index (κ1) is 14.4. The predicted molar refractivity (Wildman–Crippen MR) is 82.0 cm³/mol. The van der Waals surface area contributed by atoms with Crippen LogP contribution in [0, 0.1) is 5.92 Å². The van der Waals surface area contributed by atoms with Crippen LogP contribution in [0.3, 0.4) is 0 Å². The van der Waals surface area contributed by atoms with Crippen molar-refractivity contribution in [2.45, 2.75) is 33.1 Å². The van der Waals surface area contributed by atoms with Crippen molar-refractivity contribution in [1.82, 2.24) is 5.32 Å². The summed E-state index contributed by atoms with van der Waals surface area (Å²) in [6.07, 6.45) is 1.17. The second-order valence-electron chi connectivity index (χ2n) is 5.30. The van der Waals surface area contributed by atoms with Crippen LogP contribution < -0.4 is 5.32 Å². The number of benzene rings is 1. The van der Waals surface area contributed by atoms with E-state index in [9.17, 15) is 0 Å². The van der Waals surface area contributed by atoms with E-state index in [4.69, 9.17) is 16.0 Å². The molecule has 3 heteroatoms. The van der Waals surface area contributed by atoms with E-state index in [1.54, 1.807) is 0 Å². The minimum absolute atomic E-state index is 0.399. The fourth-order valence-corrected chi connectivity index (χ4v) is 2.40. The molecule has 1 N–H and O–H groups in total. The zero-order valence-electron chi connectivity index (χ0n) is 11.9. The third kappa shape index (κ3) is 3.52. The smallest absolute Gasteiger partial charge is 0.134 e. The number of fused-ring (bicyclic) bond motifs is 1. The number of rotatable bonds is 6. The maximum Gasteiger partial charge on any atom is 0.134 e. The van der Waals surface area contributed by atoms with Crippen molar-refractivity contribution in [3.05, 3.63) is 35.0 Å². The van der Waals surface area contributed by atoms with E-state index >= 15 is 0 Å². The lowest BCUT2D eigenvalue weighted by Crippen LogP contribution is -2.24. The Morgan fingerprint density at radius 1 is 1.26 bits per heavy atom. The third-order valence-electron chi connectivity index (χ3n) is 3.69. The third-order valence-corrected chi connectivity index (χ3v) is 3.93. The van der Waals surface area contributed by atoms with Gasteiger partial charge in [0.25, 0.3) is 0 Å². The molecule has 1 heterocycles. The van der Waals surface area contributed by atoms with E-state index < -0.39 is 0 Å². The molecule has 2 unspecified atom stereocenters. The molecular weight excluding hydrogens is 258 g/mol. The van der Waals surface area contributed by atoms with Crippen LogP contribution in [-0.2, 0) is 0 Å². The molecule has 0 spiro atoms. The molecule has 0 amide bonds. The molecule has 0 radical (unpaired) electrons. The van der Waals surface area contributed by atoms with Crippen LogP contribution >= 0.6 is 11.6 Å². The van der Waals surface area contributed by atoms with Gasteiger partial charge in [0, 0.05) is 16.3 Å². The van der Waals surface area contributed by atoms with Gasteiger partial charge in [0.15, 0.2) is 0 Å². The maximum absolute atomic E-state index is 6.00. The first-order valence-electron chi connectivity index (χ1n) is 7.01. The van der Waals surface area contributed by atoms with E-state index in [0.29, 0.717) is 11.8 Å². The van der Waals surface area contributed by atoms with Crippen molar-refractivity contribution in [3.8, 4) is 0 Å². The van der Waals surface area contributed by atoms with Crippen LogP contribution in [0.5, 0.6) is 0 Å². The summed E-state index contributed by atoms with van der Waals surface area (Å²) in [5.41, 5.74) is 0.917. The molecule has 2 rings (SSSR count). The van der Waals surface area contributed by atoms with Crippen LogP contribution in [0.2, 0.25) is 5.02 Å². The van der Waals surface area contributed by atoms with Gasteiger partial charge >= 0.3 is 0 Å². The highest BCUT2D eigenvalue weighted by Gasteiger charge is 2.18. The van der Waals surface area contributed by atoms with Crippen LogP contribution in [-0.4, -0.2) is 13.1 Å². The fraction of sp³-hybridized carbons (Fsp3) is 0.500. The monoisotopic (exact) mass is 279 g/mol. The first-order chi connectivity index (χ1) is 9.11. The molecule has 0 fully saturated rings. The molecule has 0 saturated heterocycles. The van der Waals surface area contributed by atoms with Crippen LogP contribution in [0.4, 0.5) is 0 Å². The van der Waals surface area contributed by atoms with E-state index in [2.05, 4.69) is 32.2 Å². The van der Waals surface area contributed by atoms with Crippen LogP contribution in [0.25, 0.3) is 11.0 Å². The molecule has 0 aliphatic carbocycles. The second kappa shape index (κ2) is 6.44. The fourth-order valence-electron chi connectivity index (χ4n) is 2.22. The summed E-state index contributed by atoms with van der Waals surface area (Å²) in [7, 11) is 0. The Labute approximate surface area is 120 Å². The molecule has 0 aliphatic rings. The van der Waals surface area contributed by atoms with Gasteiger partial charge in [0.1, 0.15) is 11.3 Å². The van der Waals surface area contributed by atoms with Crippen LogP contribution in [0.1, 0.15) is 38.9 Å².